The van der Waals surface area contributed by atoms with E-state index in [1.807, 2.05) is 33.8 Å². The number of phenolic OH excluding ortho intramolecular Hbond substituents is 2. The predicted molar refractivity (Wildman–Crippen MR) is 127 cm³/mol. The Kier molecular flexibility index (Phi) is 8.36. The second-order valence-electron chi connectivity index (χ2n) is 8.52. The van der Waals surface area contributed by atoms with Crippen LogP contribution in [0.1, 0.15) is 79.4 Å². The molecule has 2 aromatic rings. The number of methoxy groups -OCH3 is 1. The molecule has 0 radical (unpaired) electrons. The summed E-state index contributed by atoms with van der Waals surface area (Å²) in [5.74, 6) is -1.36. The number of rotatable bonds is 9. The lowest BCUT2D eigenvalue weighted by molar-refractivity contribution is 0.0921. The van der Waals surface area contributed by atoms with Crippen LogP contribution in [-0.4, -0.2) is 28.2 Å². The third-order valence-electron chi connectivity index (χ3n) is 6.01. The van der Waals surface area contributed by atoms with Crippen LogP contribution in [0, 0.1) is 12.8 Å². The largest absolute Gasteiger partial charge is 0.507 e. The molecule has 3 N–H and O–H groups in total. The maximum absolute atomic E-state index is 13.1. The number of ketones is 1. The van der Waals surface area contributed by atoms with Gasteiger partial charge in [0.15, 0.2) is 5.78 Å². The normalized spacial score (nSPS) is 11.8. The summed E-state index contributed by atoms with van der Waals surface area (Å²) in [5, 5.41) is 32.8. The van der Waals surface area contributed by atoms with Crippen molar-refractivity contribution in [3.63, 3.8) is 0 Å². The molecule has 33 heavy (non-hydrogen) atoms. The Morgan fingerprint density at radius 3 is 2.18 bits per heavy atom. The van der Waals surface area contributed by atoms with Gasteiger partial charge in [0.05, 0.1) is 12.7 Å². The molecule has 180 valence electrons. The molecular formula is C26H34O7. The Balaban J connectivity index is 2.88. The quantitative estimate of drug-likeness (QED) is 0.359. The number of carbonyl (C=O) groups excluding carboxylic acids is 1. The summed E-state index contributed by atoms with van der Waals surface area (Å²) in [4.78, 5) is 25.7. The molecule has 1 atom stereocenters. The van der Waals surface area contributed by atoms with Gasteiger partial charge < -0.3 is 24.5 Å². The van der Waals surface area contributed by atoms with E-state index in [1.54, 1.807) is 13.8 Å². The van der Waals surface area contributed by atoms with Gasteiger partial charge in [-0.2, -0.15) is 0 Å². The van der Waals surface area contributed by atoms with Gasteiger partial charge >= 0.3 is 5.63 Å². The molecule has 0 aliphatic heterocycles. The van der Waals surface area contributed by atoms with E-state index in [-0.39, 0.29) is 46.8 Å². The number of phenols is 2. The zero-order chi connectivity index (χ0) is 25.0. The fourth-order valence-corrected chi connectivity index (χ4v) is 3.76. The molecule has 0 fully saturated rings. The number of hydrogen-bond acceptors (Lipinski definition) is 7. The SMILES string of the molecule is CCc1oc(=O)c(Cc2c(O)c(C(=O)C(C)CC)c(O)c(CC=C(C)C)c2OC)c(O)c1C. The van der Waals surface area contributed by atoms with Gasteiger partial charge in [0.2, 0.25) is 0 Å². The summed E-state index contributed by atoms with van der Waals surface area (Å²) in [6, 6.07) is 0. The highest BCUT2D eigenvalue weighted by molar-refractivity contribution is 6.03. The van der Waals surface area contributed by atoms with Crippen LogP contribution in [0.3, 0.4) is 0 Å². The van der Waals surface area contributed by atoms with E-state index in [9.17, 15) is 24.9 Å². The van der Waals surface area contributed by atoms with Gasteiger partial charge in [-0.3, -0.25) is 4.79 Å². The number of Topliss-reactive ketones (excluding diaryl/α,β-unsaturated/α-hetero) is 1. The first-order valence-electron chi connectivity index (χ1n) is 11.1. The number of allylic oxidation sites excluding steroid dienone is 2. The lowest BCUT2D eigenvalue weighted by atomic mass is 9.88. The molecule has 1 aromatic carbocycles. The van der Waals surface area contributed by atoms with Crippen molar-refractivity contribution in [1.29, 1.82) is 0 Å². The van der Waals surface area contributed by atoms with Crippen molar-refractivity contribution < 1.29 is 29.3 Å². The highest BCUT2D eigenvalue weighted by Crippen LogP contribution is 2.45. The number of ether oxygens (including phenoxy) is 1. The minimum absolute atomic E-state index is 0.0564. The first kappa shape index (κ1) is 26.0. The Morgan fingerprint density at radius 2 is 1.67 bits per heavy atom. The van der Waals surface area contributed by atoms with E-state index < -0.39 is 23.1 Å². The summed E-state index contributed by atoms with van der Waals surface area (Å²) in [6.45, 7) is 10.8. The lowest BCUT2D eigenvalue weighted by Gasteiger charge is -2.21. The Bertz CT molecular complexity index is 1130. The molecule has 0 aliphatic rings. The van der Waals surface area contributed by atoms with Crippen LogP contribution in [-0.2, 0) is 19.3 Å². The van der Waals surface area contributed by atoms with Crippen LogP contribution in [0.2, 0.25) is 0 Å². The van der Waals surface area contributed by atoms with Gasteiger partial charge in [0.25, 0.3) is 0 Å². The van der Waals surface area contributed by atoms with E-state index in [1.165, 1.54) is 7.11 Å². The Labute approximate surface area is 194 Å². The number of aromatic hydroxyl groups is 3. The van der Waals surface area contributed by atoms with E-state index in [0.717, 1.165) is 5.57 Å². The predicted octanol–water partition coefficient (Wildman–Crippen LogP) is 4.96. The fourth-order valence-electron chi connectivity index (χ4n) is 3.76. The van der Waals surface area contributed by atoms with Gasteiger partial charge in [-0.25, -0.2) is 4.79 Å². The lowest BCUT2D eigenvalue weighted by Crippen LogP contribution is -2.15. The van der Waals surface area contributed by atoms with E-state index in [4.69, 9.17) is 9.15 Å². The van der Waals surface area contributed by atoms with Crippen molar-refractivity contribution in [1.82, 2.24) is 0 Å². The van der Waals surface area contributed by atoms with Crippen LogP contribution >= 0.6 is 0 Å². The highest BCUT2D eigenvalue weighted by Gasteiger charge is 2.31. The van der Waals surface area contributed by atoms with Gasteiger partial charge in [-0.05, 0) is 33.6 Å². The molecule has 7 nitrogen and oxygen atoms in total. The van der Waals surface area contributed by atoms with Crippen molar-refractivity contribution in [2.24, 2.45) is 5.92 Å². The minimum atomic E-state index is -0.731. The molecule has 0 amide bonds. The van der Waals surface area contributed by atoms with Crippen molar-refractivity contribution in [2.45, 2.75) is 67.2 Å². The first-order chi connectivity index (χ1) is 15.5. The molecule has 1 heterocycles. The molecule has 1 unspecified atom stereocenters. The Hall–Kier alpha value is -3.22. The average molecular weight is 459 g/mol. The van der Waals surface area contributed by atoms with E-state index in [0.29, 0.717) is 29.7 Å². The highest BCUT2D eigenvalue weighted by atomic mass is 16.5. The van der Waals surface area contributed by atoms with Crippen LogP contribution < -0.4 is 10.4 Å². The number of carbonyl (C=O) groups is 1. The first-order valence-corrected chi connectivity index (χ1v) is 11.1. The minimum Gasteiger partial charge on any atom is -0.507 e. The van der Waals surface area contributed by atoms with Gasteiger partial charge in [-0.15, -0.1) is 0 Å². The zero-order valence-electron chi connectivity index (χ0n) is 20.5. The van der Waals surface area contributed by atoms with Crippen molar-refractivity contribution in [2.75, 3.05) is 7.11 Å². The topological polar surface area (TPSA) is 117 Å². The van der Waals surface area contributed by atoms with Crippen molar-refractivity contribution >= 4 is 5.78 Å². The van der Waals surface area contributed by atoms with E-state index >= 15 is 0 Å². The van der Waals surface area contributed by atoms with Crippen LogP contribution in [0.25, 0.3) is 0 Å². The van der Waals surface area contributed by atoms with Gasteiger partial charge in [-0.1, -0.05) is 32.4 Å². The summed E-state index contributed by atoms with van der Waals surface area (Å²) in [7, 11) is 1.38. The molecular weight excluding hydrogens is 424 g/mol. The smallest absolute Gasteiger partial charge is 0.343 e. The number of aryl methyl sites for hydroxylation is 1. The van der Waals surface area contributed by atoms with Crippen LogP contribution in [0.4, 0.5) is 0 Å². The second kappa shape index (κ2) is 10.6. The monoisotopic (exact) mass is 458 g/mol. The standard InChI is InChI=1S/C26H34O7/c1-8-14(5)21(27)20-23(29)16(11-10-13(3)4)25(32-7)17(24(20)30)12-18-22(28)15(6)19(9-2)33-26(18)31/h10,14,28-30H,8-9,11-12H2,1-7H3. The molecule has 7 heteroatoms. The van der Waals surface area contributed by atoms with Gasteiger partial charge in [0, 0.05) is 35.4 Å². The molecule has 0 spiro atoms. The second-order valence-corrected chi connectivity index (χ2v) is 8.52. The molecule has 0 bridgehead atoms. The summed E-state index contributed by atoms with van der Waals surface area (Å²) in [6.07, 6.45) is 2.83. The average Bonchev–Trinajstić information content (AvgIpc) is 2.78. The van der Waals surface area contributed by atoms with Crippen LogP contribution in [0.5, 0.6) is 23.0 Å². The van der Waals surface area contributed by atoms with Crippen molar-refractivity contribution in [3.8, 4) is 23.0 Å². The number of hydrogen-bond donors (Lipinski definition) is 3. The zero-order valence-corrected chi connectivity index (χ0v) is 20.5. The molecule has 1 aromatic heterocycles. The van der Waals surface area contributed by atoms with Crippen LogP contribution in [0.15, 0.2) is 20.9 Å². The van der Waals surface area contributed by atoms with Gasteiger partial charge in [0.1, 0.15) is 34.3 Å². The van der Waals surface area contributed by atoms with Crippen molar-refractivity contribution in [3.05, 3.63) is 55.6 Å². The molecule has 2 rings (SSSR count). The summed E-state index contributed by atoms with van der Waals surface area (Å²) in [5.41, 5.74) is 0.886. The third kappa shape index (κ3) is 5.07. The summed E-state index contributed by atoms with van der Waals surface area (Å²) >= 11 is 0. The molecule has 0 saturated heterocycles. The third-order valence-corrected chi connectivity index (χ3v) is 6.01. The molecule has 0 aliphatic carbocycles. The number of benzene rings is 1. The maximum atomic E-state index is 13.1. The van der Waals surface area contributed by atoms with E-state index in [2.05, 4.69) is 0 Å². The Morgan fingerprint density at radius 1 is 1.06 bits per heavy atom. The maximum Gasteiger partial charge on any atom is 0.343 e. The fraction of sp³-hybridized carbons (Fsp3) is 0.462. The molecule has 0 saturated carbocycles. The summed E-state index contributed by atoms with van der Waals surface area (Å²) < 4.78 is 10.9.